The summed E-state index contributed by atoms with van der Waals surface area (Å²) in [4.78, 5) is 20.3. The fraction of sp³-hybridized carbons (Fsp3) is 0.455. The van der Waals surface area contributed by atoms with Crippen molar-refractivity contribution in [2.45, 2.75) is 26.2 Å². The smallest absolute Gasteiger partial charge is 0.317 e. The molecule has 0 spiro atoms. The van der Waals surface area contributed by atoms with E-state index in [1.165, 1.54) is 17.7 Å². The third kappa shape index (κ3) is 2.26. The van der Waals surface area contributed by atoms with E-state index < -0.39 is 5.41 Å². The summed E-state index contributed by atoms with van der Waals surface area (Å²) in [6, 6.07) is 0. The van der Waals surface area contributed by atoms with E-state index in [1.807, 2.05) is 5.38 Å². The van der Waals surface area contributed by atoms with Crippen LogP contribution in [0.5, 0.6) is 0 Å². The minimum absolute atomic E-state index is 0.278. The first-order valence-corrected chi connectivity index (χ1v) is 6.42. The normalized spacial score (nSPS) is 11.5. The van der Waals surface area contributed by atoms with Crippen LogP contribution in [0.3, 0.4) is 0 Å². The molecule has 18 heavy (non-hydrogen) atoms. The molecule has 0 aliphatic heterocycles. The highest BCUT2D eigenvalue weighted by atomic mass is 32.1. The summed E-state index contributed by atoms with van der Waals surface area (Å²) in [5.41, 5.74) is -0.0810. The van der Waals surface area contributed by atoms with Gasteiger partial charge in [0.05, 0.1) is 12.3 Å². The zero-order chi connectivity index (χ0) is 13.2. The average molecular weight is 266 g/mol. The largest absolute Gasteiger partial charge is 0.465 e. The van der Waals surface area contributed by atoms with Crippen LogP contribution in [-0.4, -0.2) is 32.7 Å². The third-order valence-corrected chi connectivity index (χ3v) is 3.40. The van der Waals surface area contributed by atoms with Crippen molar-refractivity contribution in [3.05, 3.63) is 17.4 Å². The zero-order valence-corrected chi connectivity index (χ0v) is 11.2. The first kappa shape index (κ1) is 12.7. The molecule has 0 unspecified atom stereocenters. The SMILES string of the molecule is CCOC(=O)C(C)(C)c1csc(-c2ncn[nH]2)n1. The fourth-order valence-electron chi connectivity index (χ4n) is 1.39. The van der Waals surface area contributed by atoms with Crippen LogP contribution in [0.2, 0.25) is 0 Å². The molecule has 0 amide bonds. The predicted octanol–water partition coefficient (Wildman–Crippen LogP) is 1.77. The van der Waals surface area contributed by atoms with Crippen LogP contribution in [-0.2, 0) is 14.9 Å². The van der Waals surface area contributed by atoms with E-state index in [9.17, 15) is 4.79 Å². The van der Waals surface area contributed by atoms with Gasteiger partial charge in [0.1, 0.15) is 11.7 Å². The van der Waals surface area contributed by atoms with Gasteiger partial charge in [0.2, 0.25) is 0 Å². The molecule has 0 aliphatic rings. The number of nitrogens with one attached hydrogen (secondary N) is 1. The number of ether oxygens (including phenoxy) is 1. The van der Waals surface area contributed by atoms with Gasteiger partial charge in [0.15, 0.2) is 10.8 Å². The molecule has 1 N–H and O–H groups in total. The molecule has 2 aromatic rings. The summed E-state index contributed by atoms with van der Waals surface area (Å²) < 4.78 is 5.05. The molecule has 6 nitrogen and oxygen atoms in total. The van der Waals surface area contributed by atoms with Crippen molar-refractivity contribution in [2.75, 3.05) is 6.61 Å². The van der Waals surface area contributed by atoms with E-state index in [4.69, 9.17) is 4.74 Å². The summed E-state index contributed by atoms with van der Waals surface area (Å²) in [6.07, 6.45) is 1.42. The molecule has 96 valence electrons. The molecule has 0 fully saturated rings. The first-order chi connectivity index (χ1) is 8.55. The molecule has 0 aliphatic carbocycles. The molecule has 0 atom stereocenters. The number of hydrogen-bond acceptors (Lipinski definition) is 6. The van der Waals surface area contributed by atoms with Crippen LogP contribution in [0.4, 0.5) is 0 Å². The highest BCUT2D eigenvalue weighted by molar-refractivity contribution is 7.13. The van der Waals surface area contributed by atoms with E-state index in [0.717, 1.165) is 0 Å². The Kier molecular flexibility index (Phi) is 3.42. The monoisotopic (exact) mass is 266 g/mol. The Labute approximate surface area is 108 Å². The molecule has 0 aromatic carbocycles. The van der Waals surface area contributed by atoms with Gasteiger partial charge in [-0.25, -0.2) is 9.97 Å². The Morgan fingerprint density at radius 1 is 1.56 bits per heavy atom. The topological polar surface area (TPSA) is 80.8 Å². The van der Waals surface area contributed by atoms with Gasteiger partial charge in [-0.3, -0.25) is 9.89 Å². The number of thiazole rings is 1. The molecule has 2 heterocycles. The Balaban J connectivity index is 2.27. The molecule has 2 aromatic heterocycles. The van der Waals surface area contributed by atoms with Gasteiger partial charge in [-0.15, -0.1) is 11.3 Å². The molecule has 0 bridgehead atoms. The van der Waals surface area contributed by atoms with Gasteiger partial charge in [-0.2, -0.15) is 5.10 Å². The van der Waals surface area contributed by atoms with Gasteiger partial charge >= 0.3 is 5.97 Å². The lowest BCUT2D eigenvalue weighted by Crippen LogP contribution is -2.31. The maximum atomic E-state index is 11.9. The number of hydrogen-bond donors (Lipinski definition) is 1. The van der Waals surface area contributed by atoms with Gasteiger partial charge in [-0.1, -0.05) is 0 Å². The molecule has 7 heteroatoms. The third-order valence-electron chi connectivity index (χ3n) is 2.55. The summed E-state index contributed by atoms with van der Waals surface area (Å²) in [7, 11) is 0. The minimum Gasteiger partial charge on any atom is -0.465 e. The first-order valence-electron chi connectivity index (χ1n) is 5.54. The lowest BCUT2D eigenvalue weighted by molar-refractivity contribution is -0.148. The Morgan fingerprint density at radius 2 is 2.33 bits per heavy atom. The standard InChI is InChI=1S/C11H14N4O2S/c1-4-17-10(16)11(2,3)7-5-18-9(14-7)8-12-6-13-15-8/h5-6H,4H2,1-3H3,(H,12,13,15). The summed E-state index contributed by atoms with van der Waals surface area (Å²) in [6.45, 7) is 5.74. The quantitative estimate of drug-likeness (QED) is 0.853. The Hall–Kier alpha value is -1.76. The van der Waals surface area contributed by atoms with Crippen LogP contribution in [0.1, 0.15) is 26.5 Å². The van der Waals surface area contributed by atoms with Crippen LogP contribution in [0, 0.1) is 0 Å². The van der Waals surface area contributed by atoms with E-state index in [2.05, 4.69) is 20.2 Å². The van der Waals surface area contributed by atoms with Crippen LogP contribution in [0.15, 0.2) is 11.7 Å². The minimum atomic E-state index is -0.759. The number of carbonyl (C=O) groups is 1. The summed E-state index contributed by atoms with van der Waals surface area (Å²) in [5, 5.41) is 9.07. The highest BCUT2D eigenvalue weighted by Crippen LogP contribution is 2.29. The summed E-state index contributed by atoms with van der Waals surface area (Å²) >= 11 is 1.42. The van der Waals surface area contributed by atoms with Crippen LogP contribution >= 0.6 is 11.3 Å². The van der Waals surface area contributed by atoms with Crippen molar-refractivity contribution in [3.8, 4) is 10.8 Å². The van der Waals surface area contributed by atoms with Crippen LogP contribution in [0.25, 0.3) is 10.8 Å². The highest BCUT2D eigenvalue weighted by Gasteiger charge is 2.34. The Bertz CT molecular complexity index is 533. The maximum Gasteiger partial charge on any atom is 0.317 e. The van der Waals surface area contributed by atoms with E-state index in [1.54, 1.807) is 20.8 Å². The van der Waals surface area contributed by atoms with Crippen molar-refractivity contribution in [3.63, 3.8) is 0 Å². The number of aromatic amines is 1. The zero-order valence-electron chi connectivity index (χ0n) is 10.4. The maximum absolute atomic E-state index is 11.9. The number of H-pyrrole nitrogens is 1. The number of nitrogens with zero attached hydrogens (tertiary/aromatic N) is 3. The number of rotatable bonds is 4. The van der Waals surface area contributed by atoms with Crippen molar-refractivity contribution >= 4 is 17.3 Å². The second kappa shape index (κ2) is 4.85. The van der Waals surface area contributed by atoms with Crippen LogP contribution < -0.4 is 0 Å². The van der Waals surface area contributed by atoms with Gasteiger partial charge in [0, 0.05) is 5.38 Å². The van der Waals surface area contributed by atoms with Crippen molar-refractivity contribution < 1.29 is 9.53 Å². The van der Waals surface area contributed by atoms with Gasteiger partial charge < -0.3 is 4.74 Å². The number of esters is 1. The molecule has 0 saturated heterocycles. The molecular weight excluding hydrogens is 252 g/mol. The Morgan fingerprint density at radius 3 is 2.94 bits per heavy atom. The van der Waals surface area contributed by atoms with Crippen molar-refractivity contribution in [1.82, 2.24) is 20.2 Å². The number of carbonyl (C=O) groups excluding carboxylic acids is 1. The van der Waals surface area contributed by atoms with E-state index in [-0.39, 0.29) is 5.97 Å². The van der Waals surface area contributed by atoms with E-state index in [0.29, 0.717) is 23.1 Å². The van der Waals surface area contributed by atoms with Crippen molar-refractivity contribution in [2.24, 2.45) is 0 Å². The van der Waals surface area contributed by atoms with Gasteiger partial charge in [-0.05, 0) is 20.8 Å². The summed E-state index contributed by atoms with van der Waals surface area (Å²) in [5.74, 6) is 0.324. The second-order valence-electron chi connectivity index (χ2n) is 4.22. The lowest BCUT2D eigenvalue weighted by atomic mass is 9.90. The molecule has 0 radical (unpaired) electrons. The second-order valence-corrected chi connectivity index (χ2v) is 5.08. The average Bonchev–Trinajstić information content (AvgIpc) is 3.00. The van der Waals surface area contributed by atoms with Gasteiger partial charge in [0.25, 0.3) is 0 Å². The molecule has 2 rings (SSSR count). The molecule has 0 saturated carbocycles. The van der Waals surface area contributed by atoms with E-state index >= 15 is 0 Å². The lowest BCUT2D eigenvalue weighted by Gasteiger charge is -2.19. The number of aromatic nitrogens is 4. The predicted molar refractivity (Wildman–Crippen MR) is 67.1 cm³/mol. The van der Waals surface area contributed by atoms with Crippen molar-refractivity contribution in [1.29, 1.82) is 0 Å². The fourth-order valence-corrected chi connectivity index (χ4v) is 2.33. The molecular formula is C11H14N4O2S.